The van der Waals surface area contributed by atoms with Crippen LogP contribution in [-0.4, -0.2) is 42.9 Å². The van der Waals surface area contributed by atoms with Crippen LogP contribution in [0, 0.1) is 10.1 Å². The molecule has 3 aromatic rings. The highest BCUT2D eigenvalue weighted by Crippen LogP contribution is 2.27. The molecule has 0 aliphatic carbocycles. The Kier molecular flexibility index (Phi) is 4.37. The standard InChI is InChI=1S/C14H13N7O4/c1-25-13-11(21(23)24)10(17-18-13)12(22)16-14-15-8-20(19-14)7-9-5-3-2-4-6-9/h2-6,8H,7H2,1H3,(H,17,18)(H,16,19,22). The molecule has 11 heteroatoms. The van der Waals surface area contributed by atoms with Crippen LogP contribution in [0.15, 0.2) is 36.7 Å². The molecule has 0 fully saturated rings. The predicted molar refractivity (Wildman–Crippen MR) is 85.3 cm³/mol. The molecule has 2 heterocycles. The molecule has 0 atom stereocenters. The molecule has 25 heavy (non-hydrogen) atoms. The van der Waals surface area contributed by atoms with Gasteiger partial charge in [0.25, 0.3) is 5.91 Å². The van der Waals surface area contributed by atoms with Gasteiger partial charge in [0.2, 0.25) is 11.6 Å². The summed E-state index contributed by atoms with van der Waals surface area (Å²) in [4.78, 5) is 26.5. The summed E-state index contributed by atoms with van der Waals surface area (Å²) >= 11 is 0. The molecule has 2 aromatic heterocycles. The van der Waals surface area contributed by atoms with Crippen LogP contribution in [0.5, 0.6) is 5.88 Å². The van der Waals surface area contributed by atoms with Gasteiger partial charge < -0.3 is 4.74 Å². The number of ether oxygens (including phenoxy) is 1. The number of hydrogen-bond acceptors (Lipinski definition) is 7. The topological polar surface area (TPSA) is 141 Å². The molecule has 0 bridgehead atoms. The van der Waals surface area contributed by atoms with Crippen molar-refractivity contribution in [3.63, 3.8) is 0 Å². The Morgan fingerprint density at radius 2 is 2.16 bits per heavy atom. The summed E-state index contributed by atoms with van der Waals surface area (Å²) in [7, 11) is 1.22. The largest absolute Gasteiger partial charge is 0.475 e. The number of hydrogen-bond donors (Lipinski definition) is 2. The Hall–Kier alpha value is -3.76. The maximum absolute atomic E-state index is 12.2. The van der Waals surface area contributed by atoms with Crippen molar-refractivity contribution < 1.29 is 14.5 Å². The van der Waals surface area contributed by atoms with Gasteiger partial charge >= 0.3 is 11.6 Å². The van der Waals surface area contributed by atoms with E-state index in [0.29, 0.717) is 6.54 Å². The molecular weight excluding hydrogens is 330 g/mol. The van der Waals surface area contributed by atoms with Crippen molar-refractivity contribution in [1.82, 2.24) is 25.0 Å². The SMILES string of the molecule is COc1n[nH]c(C(=O)Nc2ncn(Cc3ccccc3)n2)c1[N+](=O)[O-]. The maximum Gasteiger partial charge on any atom is 0.362 e. The molecule has 1 aromatic carbocycles. The Morgan fingerprint density at radius 1 is 1.40 bits per heavy atom. The minimum Gasteiger partial charge on any atom is -0.475 e. The van der Waals surface area contributed by atoms with Crippen LogP contribution < -0.4 is 10.1 Å². The number of benzene rings is 1. The summed E-state index contributed by atoms with van der Waals surface area (Å²) in [6.45, 7) is 0.474. The summed E-state index contributed by atoms with van der Waals surface area (Å²) < 4.78 is 6.29. The fraction of sp³-hybridized carbons (Fsp3) is 0.143. The monoisotopic (exact) mass is 343 g/mol. The van der Waals surface area contributed by atoms with Gasteiger partial charge in [-0.1, -0.05) is 30.3 Å². The number of anilines is 1. The number of methoxy groups -OCH3 is 1. The van der Waals surface area contributed by atoms with Crippen LogP contribution in [0.3, 0.4) is 0 Å². The first kappa shape index (κ1) is 16.1. The number of aromatic nitrogens is 5. The van der Waals surface area contributed by atoms with E-state index in [4.69, 9.17) is 4.74 Å². The van der Waals surface area contributed by atoms with Crippen LogP contribution >= 0.6 is 0 Å². The van der Waals surface area contributed by atoms with E-state index in [1.165, 1.54) is 18.1 Å². The normalized spacial score (nSPS) is 10.4. The Bertz CT molecular complexity index is 903. The molecule has 11 nitrogen and oxygen atoms in total. The zero-order chi connectivity index (χ0) is 17.8. The van der Waals surface area contributed by atoms with Gasteiger partial charge in [-0.15, -0.1) is 10.2 Å². The van der Waals surface area contributed by atoms with Crippen LogP contribution in [-0.2, 0) is 6.54 Å². The molecule has 0 aliphatic rings. The minimum absolute atomic E-state index is 0.0174. The molecule has 0 aliphatic heterocycles. The predicted octanol–water partition coefficient (Wildman–Crippen LogP) is 1.22. The minimum atomic E-state index is -0.792. The third-order valence-corrected chi connectivity index (χ3v) is 3.26. The average Bonchev–Trinajstić information content (AvgIpc) is 3.22. The van der Waals surface area contributed by atoms with Crippen LogP contribution in [0.1, 0.15) is 16.1 Å². The van der Waals surface area contributed by atoms with Gasteiger partial charge in [-0.25, -0.2) is 9.67 Å². The van der Waals surface area contributed by atoms with E-state index in [9.17, 15) is 14.9 Å². The second-order valence-electron chi connectivity index (χ2n) is 4.92. The van der Waals surface area contributed by atoms with Crippen molar-refractivity contribution in [2.75, 3.05) is 12.4 Å². The van der Waals surface area contributed by atoms with Gasteiger partial charge in [0.05, 0.1) is 18.6 Å². The summed E-state index contributed by atoms with van der Waals surface area (Å²) in [5, 5.41) is 23.4. The third-order valence-electron chi connectivity index (χ3n) is 3.26. The van der Waals surface area contributed by atoms with E-state index >= 15 is 0 Å². The number of carbonyl (C=O) groups excluding carboxylic acids is 1. The maximum atomic E-state index is 12.2. The van der Waals surface area contributed by atoms with Crippen LogP contribution in [0.25, 0.3) is 0 Å². The molecule has 128 valence electrons. The number of rotatable bonds is 6. The van der Waals surface area contributed by atoms with Gasteiger partial charge in [0, 0.05) is 0 Å². The number of carbonyl (C=O) groups is 1. The fourth-order valence-electron chi connectivity index (χ4n) is 2.15. The molecule has 2 N–H and O–H groups in total. The van der Waals surface area contributed by atoms with E-state index in [1.54, 1.807) is 0 Å². The van der Waals surface area contributed by atoms with Crippen molar-refractivity contribution in [3.05, 3.63) is 58.0 Å². The molecule has 0 radical (unpaired) electrons. The van der Waals surface area contributed by atoms with Crippen molar-refractivity contribution in [2.45, 2.75) is 6.54 Å². The number of nitro groups is 1. The average molecular weight is 343 g/mol. The molecule has 1 amide bonds. The summed E-state index contributed by atoms with van der Waals surface area (Å²) in [6.07, 6.45) is 1.45. The first-order valence-corrected chi connectivity index (χ1v) is 7.10. The zero-order valence-corrected chi connectivity index (χ0v) is 13.0. The number of amides is 1. The van der Waals surface area contributed by atoms with E-state index in [0.717, 1.165) is 5.56 Å². The number of nitrogens with zero attached hydrogens (tertiary/aromatic N) is 5. The lowest BCUT2D eigenvalue weighted by atomic mass is 10.2. The molecule has 0 saturated heterocycles. The lowest BCUT2D eigenvalue weighted by Crippen LogP contribution is -2.15. The zero-order valence-electron chi connectivity index (χ0n) is 13.0. The molecule has 0 spiro atoms. The lowest BCUT2D eigenvalue weighted by molar-refractivity contribution is -0.386. The Morgan fingerprint density at radius 3 is 2.84 bits per heavy atom. The first-order valence-electron chi connectivity index (χ1n) is 7.10. The van der Waals surface area contributed by atoms with Crippen molar-refractivity contribution in [2.24, 2.45) is 0 Å². The Balaban J connectivity index is 1.74. The van der Waals surface area contributed by atoms with Crippen LogP contribution in [0.4, 0.5) is 11.6 Å². The first-order chi connectivity index (χ1) is 12.1. The van der Waals surface area contributed by atoms with Gasteiger partial charge in [-0.2, -0.15) is 0 Å². The van der Waals surface area contributed by atoms with E-state index in [2.05, 4.69) is 25.6 Å². The quantitative estimate of drug-likeness (QED) is 0.506. The summed E-state index contributed by atoms with van der Waals surface area (Å²) in [6, 6.07) is 9.57. The van der Waals surface area contributed by atoms with E-state index in [1.807, 2.05) is 30.3 Å². The second kappa shape index (κ2) is 6.78. The van der Waals surface area contributed by atoms with Crippen molar-refractivity contribution >= 4 is 17.5 Å². The number of H-pyrrole nitrogens is 1. The highest BCUT2D eigenvalue weighted by Gasteiger charge is 2.30. The van der Waals surface area contributed by atoms with Crippen LogP contribution in [0.2, 0.25) is 0 Å². The van der Waals surface area contributed by atoms with Crippen molar-refractivity contribution in [3.8, 4) is 5.88 Å². The van der Waals surface area contributed by atoms with E-state index < -0.39 is 16.5 Å². The number of nitrogens with one attached hydrogen (secondary N) is 2. The lowest BCUT2D eigenvalue weighted by Gasteiger charge is -2.00. The summed E-state index contributed by atoms with van der Waals surface area (Å²) in [5.74, 6) is -1.05. The van der Waals surface area contributed by atoms with Gasteiger partial charge in [-0.05, 0) is 5.56 Å². The molecule has 0 unspecified atom stereocenters. The van der Waals surface area contributed by atoms with E-state index in [-0.39, 0.29) is 17.5 Å². The Labute approximate surface area is 140 Å². The fourth-order valence-corrected chi connectivity index (χ4v) is 2.15. The van der Waals surface area contributed by atoms with Crippen molar-refractivity contribution in [1.29, 1.82) is 0 Å². The highest BCUT2D eigenvalue weighted by molar-refractivity contribution is 6.05. The van der Waals surface area contributed by atoms with Gasteiger partial charge in [-0.3, -0.25) is 25.3 Å². The second-order valence-corrected chi connectivity index (χ2v) is 4.92. The van der Waals surface area contributed by atoms with Gasteiger partial charge in [0.15, 0.2) is 0 Å². The number of aromatic amines is 1. The molecule has 3 rings (SSSR count). The third kappa shape index (κ3) is 3.44. The highest BCUT2D eigenvalue weighted by atomic mass is 16.6. The smallest absolute Gasteiger partial charge is 0.362 e. The summed E-state index contributed by atoms with van der Waals surface area (Å²) in [5.41, 5.74) is 0.115. The molecular formula is C14H13N7O4. The van der Waals surface area contributed by atoms with Gasteiger partial charge in [0.1, 0.15) is 6.33 Å². The molecule has 0 saturated carbocycles.